The Morgan fingerprint density at radius 1 is 1.53 bits per heavy atom. The molecule has 0 radical (unpaired) electrons. The molecule has 0 aromatic heterocycles. The minimum atomic E-state index is -0.556. The van der Waals surface area contributed by atoms with Gasteiger partial charge in [0.1, 0.15) is 5.75 Å². The molecule has 0 saturated carbocycles. The lowest BCUT2D eigenvalue weighted by Crippen LogP contribution is -2.24. The standard InChI is InChI=1S/C14H21NO2/c1-5-10-15(6-2)12-8-7-9-13(17-4)14(12)11(3)16/h5,7-9,11,16H,1,6,10H2,2-4H3/t11-/m0/s1. The van der Waals surface area contributed by atoms with Crippen molar-refractivity contribution in [1.29, 1.82) is 0 Å². The predicted octanol–water partition coefficient (Wildman–Crippen LogP) is 2.76. The number of aliphatic hydroxyl groups is 1. The van der Waals surface area contributed by atoms with Crippen LogP contribution in [-0.4, -0.2) is 25.3 Å². The van der Waals surface area contributed by atoms with Crippen LogP contribution in [0.2, 0.25) is 0 Å². The van der Waals surface area contributed by atoms with Crippen molar-refractivity contribution in [3.05, 3.63) is 36.4 Å². The second-order valence-electron chi connectivity index (χ2n) is 3.90. The van der Waals surface area contributed by atoms with Crippen molar-refractivity contribution in [2.75, 3.05) is 25.1 Å². The number of anilines is 1. The van der Waals surface area contributed by atoms with E-state index in [1.54, 1.807) is 14.0 Å². The molecule has 0 bridgehead atoms. The van der Waals surface area contributed by atoms with E-state index in [4.69, 9.17) is 4.74 Å². The Hall–Kier alpha value is -1.48. The summed E-state index contributed by atoms with van der Waals surface area (Å²) in [5.41, 5.74) is 1.83. The normalized spacial score (nSPS) is 12.0. The van der Waals surface area contributed by atoms with E-state index in [-0.39, 0.29) is 0 Å². The molecule has 0 aliphatic heterocycles. The van der Waals surface area contributed by atoms with Gasteiger partial charge in [-0.3, -0.25) is 0 Å². The first-order chi connectivity index (χ1) is 8.15. The maximum absolute atomic E-state index is 9.90. The van der Waals surface area contributed by atoms with Gasteiger partial charge in [-0.05, 0) is 26.0 Å². The van der Waals surface area contributed by atoms with Crippen LogP contribution in [0.15, 0.2) is 30.9 Å². The van der Waals surface area contributed by atoms with Crippen LogP contribution in [0.1, 0.15) is 25.5 Å². The average Bonchev–Trinajstić information content (AvgIpc) is 2.34. The first kappa shape index (κ1) is 13.6. The minimum Gasteiger partial charge on any atom is -0.496 e. The third-order valence-electron chi connectivity index (χ3n) is 2.75. The van der Waals surface area contributed by atoms with E-state index in [2.05, 4.69) is 18.4 Å². The molecule has 0 spiro atoms. The largest absolute Gasteiger partial charge is 0.496 e. The zero-order valence-corrected chi connectivity index (χ0v) is 10.8. The summed E-state index contributed by atoms with van der Waals surface area (Å²) in [4.78, 5) is 2.15. The summed E-state index contributed by atoms with van der Waals surface area (Å²) in [5, 5.41) is 9.90. The molecule has 0 aliphatic rings. The van der Waals surface area contributed by atoms with Crippen molar-refractivity contribution in [3.63, 3.8) is 0 Å². The molecule has 0 amide bonds. The minimum absolute atomic E-state index is 0.556. The summed E-state index contributed by atoms with van der Waals surface area (Å²) in [5.74, 6) is 0.722. The molecule has 1 N–H and O–H groups in total. The van der Waals surface area contributed by atoms with Gasteiger partial charge in [-0.2, -0.15) is 0 Å². The van der Waals surface area contributed by atoms with Crippen molar-refractivity contribution in [1.82, 2.24) is 0 Å². The van der Waals surface area contributed by atoms with Gasteiger partial charge in [-0.15, -0.1) is 6.58 Å². The molecule has 0 fully saturated rings. The number of methoxy groups -OCH3 is 1. The summed E-state index contributed by atoms with van der Waals surface area (Å²) in [6, 6.07) is 5.80. The smallest absolute Gasteiger partial charge is 0.126 e. The SMILES string of the molecule is C=CCN(CC)c1cccc(OC)c1[C@H](C)O. The highest BCUT2D eigenvalue weighted by Crippen LogP contribution is 2.34. The van der Waals surface area contributed by atoms with E-state index in [0.29, 0.717) is 0 Å². The highest BCUT2D eigenvalue weighted by atomic mass is 16.5. The van der Waals surface area contributed by atoms with Crippen LogP contribution in [0.25, 0.3) is 0 Å². The zero-order chi connectivity index (χ0) is 12.8. The number of benzene rings is 1. The van der Waals surface area contributed by atoms with Gasteiger partial charge in [0.2, 0.25) is 0 Å². The van der Waals surface area contributed by atoms with E-state index >= 15 is 0 Å². The number of aliphatic hydroxyl groups excluding tert-OH is 1. The maximum Gasteiger partial charge on any atom is 0.126 e. The summed E-state index contributed by atoms with van der Waals surface area (Å²) in [6.45, 7) is 9.20. The second kappa shape index (κ2) is 6.30. The van der Waals surface area contributed by atoms with E-state index in [9.17, 15) is 5.11 Å². The van der Waals surface area contributed by atoms with Crippen LogP contribution < -0.4 is 9.64 Å². The molecule has 1 atom stereocenters. The lowest BCUT2D eigenvalue weighted by atomic mass is 10.1. The molecule has 17 heavy (non-hydrogen) atoms. The lowest BCUT2D eigenvalue weighted by Gasteiger charge is -2.26. The molecule has 0 saturated heterocycles. The van der Waals surface area contributed by atoms with Crippen molar-refractivity contribution >= 4 is 5.69 Å². The molecule has 0 aliphatic carbocycles. The number of rotatable bonds is 6. The van der Waals surface area contributed by atoms with E-state index in [0.717, 1.165) is 30.1 Å². The first-order valence-electron chi connectivity index (χ1n) is 5.86. The van der Waals surface area contributed by atoms with Crippen molar-refractivity contribution in [2.24, 2.45) is 0 Å². The Bertz CT molecular complexity index is 374. The molecular formula is C14H21NO2. The Kier molecular flexibility index (Phi) is 5.04. The molecule has 0 heterocycles. The summed E-state index contributed by atoms with van der Waals surface area (Å²) in [7, 11) is 1.62. The van der Waals surface area contributed by atoms with Crippen molar-refractivity contribution in [3.8, 4) is 5.75 Å². The summed E-state index contributed by atoms with van der Waals surface area (Å²) in [6.07, 6.45) is 1.30. The quantitative estimate of drug-likeness (QED) is 0.770. The highest BCUT2D eigenvalue weighted by Gasteiger charge is 2.17. The predicted molar refractivity (Wildman–Crippen MR) is 71.7 cm³/mol. The third-order valence-corrected chi connectivity index (χ3v) is 2.75. The zero-order valence-electron chi connectivity index (χ0n) is 10.8. The van der Waals surface area contributed by atoms with Gasteiger partial charge >= 0.3 is 0 Å². The van der Waals surface area contributed by atoms with Crippen LogP contribution in [-0.2, 0) is 0 Å². The highest BCUT2D eigenvalue weighted by molar-refractivity contribution is 5.60. The van der Waals surface area contributed by atoms with Crippen molar-refractivity contribution in [2.45, 2.75) is 20.0 Å². The number of ether oxygens (including phenoxy) is 1. The van der Waals surface area contributed by atoms with Crippen LogP contribution in [0.5, 0.6) is 5.75 Å². The molecule has 0 unspecified atom stereocenters. The Morgan fingerprint density at radius 2 is 2.24 bits per heavy atom. The molecule has 94 valence electrons. The summed E-state index contributed by atoms with van der Waals surface area (Å²) >= 11 is 0. The Morgan fingerprint density at radius 3 is 2.71 bits per heavy atom. The Balaban J connectivity index is 3.25. The van der Waals surface area contributed by atoms with E-state index in [1.807, 2.05) is 24.3 Å². The van der Waals surface area contributed by atoms with Gasteiger partial charge in [0, 0.05) is 24.3 Å². The molecule has 1 aromatic rings. The van der Waals surface area contributed by atoms with Crippen molar-refractivity contribution < 1.29 is 9.84 Å². The number of nitrogens with zero attached hydrogens (tertiary/aromatic N) is 1. The van der Waals surface area contributed by atoms with Crippen LogP contribution >= 0.6 is 0 Å². The van der Waals surface area contributed by atoms with Gasteiger partial charge < -0.3 is 14.7 Å². The van der Waals surface area contributed by atoms with Crippen LogP contribution in [0.3, 0.4) is 0 Å². The molecule has 1 rings (SSSR count). The maximum atomic E-state index is 9.90. The third kappa shape index (κ3) is 3.01. The molecule has 3 heteroatoms. The number of likely N-dealkylation sites (N-methyl/N-ethyl adjacent to an activating group) is 1. The number of hydrogen-bond donors (Lipinski definition) is 1. The molecular weight excluding hydrogens is 214 g/mol. The second-order valence-corrected chi connectivity index (χ2v) is 3.90. The molecule has 1 aromatic carbocycles. The lowest BCUT2D eigenvalue weighted by molar-refractivity contribution is 0.194. The van der Waals surface area contributed by atoms with Crippen LogP contribution in [0, 0.1) is 0 Å². The van der Waals surface area contributed by atoms with E-state index in [1.165, 1.54) is 0 Å². The fourth-order valence-electron chi connectivity index (χ4n) is 1.96. The van der Waals surface area contributed by atoms with Gasteiger partial charge in [-0.25, -0.2) is 0 Å². The van der Waals surface area contributed by atoms with Gasteiger partial charge in [0.15, 0.2) is 0 Å². The fourth-order valence-corrected chi connectivity index (χ4v) is 1.96. The Labute approximate surface area is 103 Å². The number of hydrogen-bond acceptors (Lipinski definition) is 3. The first-order valence-corrected chi connectivity index (χ1v) is 5.86. The van der Waals surface area contributed by atoms with Crippen LogP contribution in [0.4, 0.5) is 5.69 Å². The fraction of sp³-hybridized carbons (Fsp3) is 0.429. The summed E-state index contributed by atoms with van der Waals surface area (Å²) < 4.78 is 5.31. The van der Waals surface area contributed by atoms with Gasteiger partial charge in [-0.1, -0.05) is 12.1 Å². The van der Waals surface area contributed by atoms with E-state index < -0.39 is 6.10 Å². The monoisotopic (exact) mass is 235 g/mol. The molecule has 3 nitrogen and oxygen atoms in total. The van der Waals surface area contributed by atoms with Gasteiger partial charge in [0.25, 0.3) is 0 Å². The van der Waals surface area contributed by atoms with Gasteiger partial charge in [0.05, 0.1) is 13.2 Å². The average molecular weight is 235 g/mol. The topological polar surface area (TPSA) is 32.7 Å².